The topological polar surface area (TPSA) is 49.4 Å². The minimum absolute atomic E-state index is 0.0891. The van der Waals surface area contributed by atoms with E-state index in [4.69, 9.17) is 0 Å². The maximum Gasteiger partial charge on any atom is 0.257 e. The minimum Gasteiger partial charge on any atom is -0.340 e. The second-order valence-corrected chi connectivity index (χ2v) is 6.72. The van der Waals surface area contributed by atoms with E-state index in [2.05, 4.69) is 5.32 Å². The first-order valence-corrected chi connectivity index (χ1v) is 8.55. The Bertz CT molecular complexity index is 866. The van der Waals surface area contributed by atoms with Crippen LogP contribution in [-0.2, 0) is 11.3 Å². The van der Waals surface area contributed by atoms with E-state index < -0.39 is 52.6 Å². The zero-order valence-corrected chi connectivity index (χ0v) is 15.6. The van der Waals surface area contributed by atoms with Crippen molar-refractivity contribution in [1.29, 1.82) is 0 Å². The fourth-order valence-electron chi connectivity index (χ4n) is 2.66. The van der Waals surface area contributed by atoms with Gasteiger partial charge >= 0.3 is 0 Å². The first-order chi connectivity index (χ1) is 13.1. The van der Waals surface area contributed by atoms with Crippen molar-refractivity contribution in [2.45, 2.75) is 26.4 Å². The number of hydrogen-bond donors (Lipinski definition) is 1. The maximum absolute atomic E-state index is 13.8. The van der Waals surface area contributed by atoms with Gasteiger partial charge in [0.25, 0.3) is 5.91 Å². The van der Waals surface area contributed by atoms with Gasteiger partial charge in [0, 0.05) is 25.2 Å². The second kappa shape index (κ2) is 8.86. The Hall–Kier alpha value is -2.90. The van der Waals surface area contributed by atoms with Crippen molar-refractivity contribution in [3.05, 3.63) is 70.8 Å². The highest BCUT2D eigenvalue weighted by molar-refractivity contribution is 5.98. The first kappa shape index (κ1) is 21.4. The van der Waals surface area contributed by atoms with Gasteiger partial charge in [0.2, 0.25) is 5.91 Å². The van der Waals surface area contributed by atoms with E-state index in [1.807, 2.05) is 0 Å². The number of nitrogens with one attached hydrogen (secondary N) is 1. The zero-order valence-electron chi connectivity index (χ0n) is 15.6. The van der Waals surface area contributed by atoms with Crippen LogP contribution in [0.2, 0.25) is 0 Å². The molecule has 2 rings (SSSR count). The highest BCUT2D eigenvalue weighted by Crippen LogP contribution is 2.16. The molecular weight excluding hydrogens is 376 g/mol. The summed E-state index contributed by atoms with van der Waals surface area (Å²) in [5.41, 5.74) is -0.695. The van der Waals surface area contributed by atoms with E-state index in [1.165, 1.54) is 13.1 Å². The van der Waals surface area contributed by atoms with Gasteiger partial charge in [-0.15, -0.1) is 0 Å². The molecule has 0 aliphatic rings. The summed E-state index contributed by atoms with van der Waals surface area (Å²) in [6.07, 6.45) is 0. The molecule has 2 aromatic rings. The number of amides is 2. The van der Waals surface area contributed by atoms with Gasteiger partial charge in [0.1, 0.15) is 34.9 Å². The number of hydrogen-bond acceptors (Lipinski definition) is 2. The number of benzene rings is 2. The molecule has 8 heteroatoms. The van der Waals surface area contributed by atoms with E-state index in [-0.39, 0.29) is 12.1 Å². The lowest BCUT2D eigenvalue weighted by Crippen LogP contribution is -2.50. The number of likely N-dealkylation sites (N-methyl/N-ethyl adjacent to an activating group) is 1. The summed E-state index contributed by atoms with van der Waals surface area (Å²) >= 11 is 0. The molecule has 0 aromatic heterocycles. The van der Waals surface area contributed by atoms with Crippen LogP contribution in [0.4, 0.5) is 17.6 Å². The van der Waals surface area contributed by atoms with E-state index in [1.54, 1.807) is 13.8 Å². The summed E-state index contributed by atoms with van der Waals surface area (Å²) in [5.74, 6) is -5.70. The third-order valence-corrected chi connectivity index (χ3v) is 4.21. The molecule has 28 heavy (non-hydrogen) atoms. The monoisotopic (exact) mass is 396 g/mol. The van der Waals surface area contributed by atoms with E-state index >= 15 is 0 Å². The van der Waals surface area contributed by atoms with Crippen molar-refractivity contribution in [2.75, 3.05) is 7.05 Å². The number of halogens is 4. The number of nitrogens with zero attached hydrogens (tertiary/aromatic N) is 1. The third kappa shape index (κ3) is 4.88. The number of rotatable bonds is 6. The summed E-state index contributed by atoms with van der Waals surface area (Å²) in [5, 5.41) is 2.34. The van der Waals surface area contributed by atoms with Gasteiger partial charge in [-0.25, -0.2) is 17.6 Å². The molecule has 0 spiro atoms. The fourth-order valence-corrected chi connectivity index (χ4v) is 2.66. The summed E-state index contributed by atoms with van der Waals surface area (Å²) in [6.45, 7) is 3.12. The van der Waals surface area contributed by atoms with Crippen LogP contribution < -0.4 is 5.32 Å². The van der Waals surface area contributed by atoms with Crippen molar-refractivity contribution in [1.82, 2.24) is 10.2 Å². The van der Waals surface area contributed by atoms with E-state index in [9.17, 15) is 27.2 Å². The molecule has 1 unspecified atom stereocenters. The highest BCUT2D eigenvalue weighted by Gasteiger charge is 2.29. The van der Waals surface area contributed by atoms with Crippen molar-refractivity contribution in [3.63, 3.8) is 0 Å². The average molecular weight is 396 g/mol. The van der Waals surface area contributed by atoms with Crippen LogP contribution in [0.3, 0.4) is 0 Å². The maximum atomic E-state index is 13.8. The zero-order chi connectivity index (χ0) is 21.0. The number of carbonyl (C=O) groups excluding carboxylic acids is 2. The second-order valence-electron chi connectivity index (χ2n) is 6.72. The Balaban J connectivity index is 2.18. The summed E-state index contributed by atoms with van der Waals surface area (Å²) in [7, 11) is 1.39. The highest BCUT2D eigenvalue weighted by atomic mass is 19.1. The Labute approximate surface area is 160 Å². The fraction of sp³-hybridized carbons (Fsp3) is 0.300. The predicted octanol–water partition coefficient (Wildman–Crippen LogP) is 3.66. The third-order valence-electron chi connectivity index (χ3n) is 4.21. The molecule has 2 aromatic carbocycles. The van der Waals surface area contributed by atoms with Gasteiger partial charge in [0.05, 0.1) is 0 Å². The molecule has 4 nitrogen and oxygen atoms in total. The molecule has 0 heterocycles. The van der Waals surface area contributed by atoms with E-state index in [0.29, 0.717) is 6.07 Å². The van der Waals surface area contributed by atoms with Crippen molar-refractivity contribution >= 4 is 11.8 Å². The van der Waals surface area contributed by atoms with Gasteiger partial charge in [-0.2, -0.15) is 0 Å². The molecule has 2 amide bonds. The normalized spacial score (nSPS) is 12.0. The standard InChI is InChI=1S/C20H20F4N2O2/c1-11(2)18(25-19(27)17-14(22)5-4-6-15(17)23)20(28)26(3)10-12-7-8-13(21)9-16(12)24/h4-9,11,18H,10H2,1-3H3,(H,25,27). The Morgan fingerprint density at radius 1 is 1.00 bits per heavy atom. The molecule has 0 fully saturated rings. The smallest absolute Gasteiger partial charge is 0.257 e. The minimum atomic E-state index is -1.10. The quantitative estimate of drug-likeness (QED) is 0.758. The molecule has 0 aliphatic carbocycles. The van der Waals surface area contributed by atoms with Gasteiger partial charge in [-0.3, -0.25) is 9.59 Å². The molecule has 0 bridgehead atoms. The molecule has 0 saturated carbocycles. The summed E-state index contributed by atoms with van der Waals surface area (Å²) in [4.78, 5) is 26.2. The molecule has 150 valence electrons. The summed E-state index contributed by atoms with van der Waals surface area (Å²) in [6, 6.07) is 4.89. The van der Waals surface area contributed by atoms with Crippen molar-refractivity contribution < 1.29 is 27.2 Å². The van der Waals surface area contributed by atoms with Gasteiger partial charge in [-0.05, 0) is 24.1 Å². The van der Waals surface area contributed by atoms with Crippen molar-refractivity contribution in [2.24, 2.45) is 5.92 Å². The lowest BCUT2D eigenvalue weighted by atomic mass is 10.0. The van der Waals surface area contributed by atoms with Gasteiger partial charge in [-0.1, -0.05) is 26.0 Å². The Kier molecular flexibility index (Phi) is 6.77. The average Bonchev–Trinajstić information content (AvgIpc) is 2.61. The van der Waals surface area contributed by atoms with Crippen molar-refractivity contribution in [3.8, 4) is 0 Å². The lowest BCUT2D eigenvalue weighted by molar-refractivity contribution is -0.133. The van der Waals surface area contributed by atoms with Crippen LogP contribution in [0.5, 0.6) is 0 Å². The first-order valence-electron chi connectivity index (χ1n) is 8.55. The largest absolute Gasteiger partial charge is 0.340 e. The molecule has 1 N–H and O–H groups in total. The Morgan fingerprint density at radius 3 is 2.14 bits per heavy atom. The molecule has 1 atom stereocenters. The van der Waals surface area contributed by atoms with Crippen LogP contribution in [0.1, 0.15) is 29.8 Å². The summed E-state index contributed by atoms with van der Waals surface area (Å²) < 4.78 is 54.5. The predicted molar refractivity (Wildman–Crippen MR) is 95.3 cm³/mol. The van der Waals surface area contributed by atoms with Gasteiger partial charge < -0.3 is 10.2 Å². The van der Waals surface area contributed by atoms with Crippen LogP contribution in [0.25, 0.3) is 0 Å². The lowest BCUT2D eigenvalue weighted by Gasteiger charge is -2.27. The molecule has 0 saturated heterocycles. The van der Waals surface area contributed by atoms with Gasteiger partial charge in [0.15, 0.2) is 0 Å². The van der Waals surface area contributed by atoms with Crippen LogP contribution in [0.15, 0.2) is 36.4 Å². The number of carbonyl (C=O) groups is 2. The van der Waals surface area contributed by atoms with Crippen LogP contribution >= 0.6 is 0 Å². The Morgan fingerprint density at radius 2 is 1.61 bits per heavy atom. The molecule has 0 aliphatic heterocycles. The molecule has 0 radical (unpaired) electrons. The van der Waals surface area contributed by atoms with Crippen LogP contribution in [-0.4, -0.2) is 29.8 Å². The van der Waals surface area contributed by atoms with E-state index in [0.717, 1.165) is 29.2 Å². The molecular formula is C20H20F4N2O2. The van der Waals surface area contributed by atoms with Crippen LogP contribution in [0, 0.1) is 29.2 Å². The SMILES string of the molecule is CC(C)C(NC(=O)c1c(F)cccc1F)C(=O)N(C)Cc1ccc(F)cc1F.